The summed E-state index contributed by atoms with van der Waals surface area (Å²) in [4.78, 5) is 4.18. The van der Waals surface area contributed by atoms with Crippen LogP contribution in [0.3, 0.4) is 0 Å². The highest BCUT2D eigenvalue weighted by Crippen LogP contribution is 2.02. The Balaban J connectivity index is 2.39. The fourth-order valence-electron chi connectivity index (χ4n) is 1.53. The number of thioether (sulfide) groups is 1. The van der Waals surface area contributed by atoms with Crippen molar-refractivity contribution in [2.24, 2.45) is 0 Å². The van der Waals surface area contributed by atoms with Crippen molar-refractivity contribution in [1.82, 2.24) is 14.9 Å². The molecule has 0 aliphatic carbocycles. The third kappa shape index (κ3) is 4.26. The molecule has 15 heavy (non-hydrogen) atoms. The van der Waals surface area contributed by atoms with Crippen LogP contribution in [0.1, 0.15) is 26.0 Å². The molecule has 0 radical (unpaired) electrons. The van der Waals surface area contributed by atoms with Crippen LogP contribution in [-0.4, -0.2) is 27.6 Å². The number of hydrogen-bond donors (Lipinski definition) is 1. The Morgan fingerprint density at radius 3 is 3.07 bits per heavy atom. The maximum Gasteiger partial charge on any atom is 0.0948 e. The van der Waals surface area contributed by atoms with E-state index in [1.54, 1.807) is 0 Å². The summed E-state index contributed by atoms with van der Waals surface area (Å²) in [5, 5.41) is 3.50. The van der Waals surface area contributed by atoms with Gasteiger partial charge in [0.15, 0.2) is 0 Å². The molecule has 1 atom stereocenters. The third-order valence-electron chi connectivity index (χ3n) is 2.31. The zero-order chi connectivity index (χ0) is 11.1. The Labute approximate surface area is 96.7 Å². The Bertz CT molecular complexity index is 273. The molecule has 1 rings (SSSR count). The van der Waals surface area contributed by atoms with Crippen LogP contribution in [0.4, 0.5) is 0 Å². The van der Waals surface area contributed by atoms with Crippen molar-refractivity contribution >= 4 is 11.8 Å². The molecule has 0 amide bonds. The van der Waals surface area contributed by atoms with Gasteiger partial charge in [0.25, 0.3) is 0 Å². The van der Waals surface area contributed by atoms with Crippen molar-refractivity contribution < 1.29 is 0 Å². The summed E-state index contributed by atoms with van der Waals surface area (Å²) in [6, 6.07) is 0.560. The van der Waals surface area contributed by atoms with E-state index >= 15 is 0 Å². The molecule has 86 valence electrons. The van der Waals surface area contributed by atoms with Crippen molar-refractivity contribution in [3.05, 3.63) is 18.2 Å². The van der Waals surface area contributed by atoms with E-state index in [-0.39, 0.29) is 0 Å². The van der Waals surface area contributed by atoms with Crippen LogP contribution in [-0.2, 0) is 13.1 Å². The average molecular weight is 227 g/mol. The molecule has 0 aliphatic heterocycles. The van der Waals surface area contributed by atoms with Gasteiger partial charge in [-0.05, 0) is 19.6 Å². The summed E-state index contributed by atoms with van der Waals surface area (Å²) in [6.45, 7) is 6.39. The molecule has 0 saturated heterocycles. The van der Waals surface area contributed by atoms with Crippen LogP contribution in [0.25, 0.3) is 0 Å². The van der Waals surface area contributed by atoms with Crippen LogP contribution >= 0.6 is 11.8 Å². The molecule has 0 bridgehead atoms. The van der Waals surface area contributed by atoms with E-state index in [1.165, 1.54) is 5.69 Å². The third-order valence-corrected chi connectivity index (χ3v) is 3.14. The van der Waals surface area contributed by atoms with Gasteiger partial charge in [-0.15, -0.1) is 0 Å². The molecular formula is C11H21N3S. The summed E-state index contributed by atoms with van der Waals surface area (Å²) >= 11 is 1.88. The standard InChI is InChI=1S/C11H21N3S/c1-4-5-14-9-12-6-11(14)7-13-10(2)8-15-3/h6,9-10,13H,4-5,7-8H2,1-3H3. The first kappa shape index (κ1) is 12.6. The summed E-state index contributed by atoms with van der Waals surface area (Å²) < 4.78 is 2.22. The minimum Gasteiger partial charge on any atom is -0.333 e. The number of aryl methyl sites for hydroxylation is 1. The van der Waals surface area contributed by atoms with Gasteiger partial charge >= 0.3 is 0 Å². The van der Waals surface area contributed by atoms with E-state index in [1.807, 2.05) is 24.3 Å². The molecular weight excluding hydrogens is 206 g/mol. The minimum atomic E-state index is 0.560. The van der Waals surface area contributed by atoms with Gasteiger partial charge in [0.1, 0.15) is 0 Å². The summed E-state index contributed by atoms with van der Waals surface area (Å²) in [5.74, 6) is 1.15. The average Bonchev–Trinajstić information content (AvgIpc) is 2.64. The molecule has 1 N–H and O–H groups in total. The second-order valence-corrected chi connectivity index (χ2v) is 4.73. The first-order valence-corrected chi connectivity index (χ1v) is 6.88. The lowest BCUT2D eigenvalue weighted by molar-refractivity contribution is 0.556. The van der Waals surface area contributed by atoms with Gasteiger partial charge in [-0.25, -0.2) is 4.98 Å². The van der Waals surface area contributed by atoms with E-state index in [0.29, 0.717) is 6.04 Å². The normalized spacial score (nSPS) is 13.0. The molecule has 0 aliphatic rings. The lowest BCUT2D eigenvalue weighted by atomic mass is 10.3. The van der Waals surface area contributed by atoms with Crippen molar-refractivity contribution in [1.29, 1.82) is 0 Å². The monoisotopic (exact) mass is 227 g/mol. The number of imidazole rings is 1. The van der Waals surface area contributed by atoms with Crippen molar-refractivity contribution in [3.8, 4) is 0 Å². The number of nitrogens with one attached hydrogen (secondary N) is 1. The van der Waals surface area contributed by atoms with Gasteiger partial charge in [-0.2, -0.15) is 11.8 Å². The zero-order valence-electron chi connectivity index (χ0n) is 9.86. The van der Waals surface area contributed by atoms with E-state index < -0.39 is 0 Å². The summed E-state index contributed by atoms with van der Waals surface area (Å²) in [5.41, 5.74) is 1.28. The van der Waals surface area contributed by atoms with Crippen molar-refractivity contribution in [3.63, 3.8) is 0 Å². The molecule has 3 nitrogen and oxygen atoms in total. The fourth-order valence-corrected chi connectivity index (χ4v) is 2.14. The molecule has 0 spiro atoms. The lowest BCUT2D eigenvalue weighted by Crippen LogP contribution is -2.28. The second-order valence-electron chi connectivity index (χ2n) is 3.82. The topological polar surface area (TPSA) is 29.9 Å². The van der Waals surface area contributed by atoms with Crippen LogP contribution in [0, 0.1) is 0 Å². The maximum atomic E-state index is 4.18. The predicted molar refractivity (Wildman–Crippen MR) is 67.2 cm³/mol. The van der Waals surface area contributed by atoms with E-state index in [2.05, 4.69) is 35.0 Å². The van der Waals surface area contributed by atoms with Gasteiger partial charge in [0, 0.05) is 31.1 Å². The molecule has 1 aromatic rings. The van der Waals surface area contributed by atoms with E-state index in [0.717, 1.165) is 25.3 Å². The Morgan fingerprint density at radius 1 is 1.60 bits per heavy atom. The van der Waals surface area contributed by atoms with Crippen molar-refractivity contribution in [2.45, 2.75) is 39.4 Å². The summed E-state index contributed by atoms with van der Waals surface area (Å²) in [6.07, 6.45) is 7.16. The fraction of sp³-hybridized carbons (Fsp3) is 0.727. The highest BCUT2D eigenvalue weighted by atomic mass is 32.2. The maximum absolute atomic E-state index is 4.18. The predicted octanol–water partition coefficient (Wildman–Crippen LogP) is 2.13. The SMILES string of the molecule is CCCn1cncc1CNC(C)CSC. The van der Waals surface area contributed by atoms with Crippen LogP contribution in [0.15, 0.2) is 12.5 Å². The van der Waals surface area contributed by atoms with E-state index in [9.17, 15) is 0 Å². The molecule has 1 aromatic heterocycles. The highest BCUT2D eigenvalue weighted by Gasteiger charge is 2.03. The largest absolute Gasteiger partial charge is 0.333 e. The zero-order valence-corrected chi connectivity index (χ0v) is 10.7. The number of nitrogens with zero attached hydrogens (tertiary/aromatic N) is 2. The van der Waals surface area contributed by atoms with Gasteiger partial charge < -0.3 is 9.88 Å². The minimum absolute atomic E-state index is 0.560. The molecule has 1 unspecified atom stereocenters. The first-order valence-electron chi connectivity index (χ1n) is 5.49. The van der Waals surface area contributed by atoms with Crippen LogP contribution < -0.4 is 5.32 Å². The molecule has 0 fully saturated rings. The van der Waals surface area contributed by atoms with Gasteiger partial charge in [0.2, 0.25) is 0 Å². The second kappa shape index (κ2) is 6.90. The Kier molecular flexibility index (Phi) is 5.79. The lowest BCUT2D eigenvalue weighted by Gasteiger charge is -2.13. The van der Waals surface area contributed by atoms with Gasteiger partial charge in [-0.1, -0.05) is 6.92 Å². The van der Waals surface area contributed by atoms with E-state index in [4.69, 9.17) is 0 Å². The van der Waals surface area contributed by atoms with Crippen molar-refractivity contribution in [2.75, 3.05) is 12.0 Å². The van der Waals surface area contributed by atoms with Gasteiger partial charge in [0.05, 0.1) is 12.0 Å². The Morgan fingerprint density at radius 2 is 2.40 bits per heavy atom. The smallest absolute Gasteiger partial charge is 0.0948 e. The molecule has 4 heteroatoms. The highest BCUT2D eigenvalue weighted by molar-refractivity contribution is 7.98. The summed E-state index contributed by atoms with van der Waals surface area (Å²) in [7, 11) is 0. The van der Waals surface area contributed by atoms with Gasteiger partial charge in [-0.3, -0.25) is 0 Å². The number of hydrogen-bond acceptors (Lipinski definition) is 3. The van der Waals surface area contributed by atoms with Crippen LogP contribution in [0.2, 0.25) is 0 Å². The van der Waals surface area contributed by atoms with Crippen LogP contribution in [0.5, 0.6) is 0 Å². The Hall–Kier alpha value is -0.480. The number of aromatic nitrogens is 2. The molecule has 0 aromatic carbocycles. The quantitative estimate of drug-likeness (QED) is 0.774. The molecule has 1 heterocycles. The first-order chi connectivity index (χ1) is 7.27. The number of rotatable bonds is 7. The molecule has 0 saturated carbocycles.